The molecule has 18 heavy (non-hydrogen) atoms. The van der Waals surface area contributed by atoms with Crippen molar-refractivity contribution in [2.45, 2.75) is 52.0 Å². The van der Waals surface area contributed by atoms with Gasteiger partial charge in [-0.2, -0.15) is 4.98 Å². The lowest BCUT2D eigenvalue weighted by molar-refractivity contribution is 0.312. The molecule has 1 aromatic heterocycles. The van der Waals surface area contributed by atoms with Crippen molar-refractivity contribution < 1.29 is 4.52 Å². The normalized spacial score (nSPS) is 20.5. The lowest BCUT2D eigenvalue weighted by atomic mass is 10.0. The predicted octanol–water partition coefficient (Wildman–Crippen LogP) is 2.50. The Morgan fingerprint density at radius 3 is 2.56 bits per heavy atom. The Morgan fingerprint density at radius 1 is 1.28 bits per heavy atom. The van der Waals surface area contributed by atoms with Crippen molar-refractivity contribution in [1.82, 2.24) is 10.1 Å². The van der Waals surface area contributed by atoms with Gasteiger partial charge in [-0.05, 0) is 23.9 Å². The molecule has 102 valence electrons. The second-order valence-corrected chi connectivity index (χ2v) is 5.25. The first kappa shape index (κ1) is 13.3. The van der Waals surface area contributed by atoms with Gasteiger partial charge in [-0.1, -0.05) is 33.1 Å². The lowest BCUT2D eigenvalue weighted by Crippen LogP contribution is -2.25. The summed E-state index contributed by atoms with van der Waals surface area (Å²) >= 11 is 0. The van der Waals surface area contributed by atoms with Crippen LogP contribution in [0, 0.1) is 5.92 Å². The van der Waals surface area contributed by atoms with Gasteiger partial charge in [0.25, 0.3) is 5.95 Å². The summed E-state index contributed by atoms with van der Waals surface area (Å²) < 4.78 is 5.32. The van der Waals surface area contributed by atoms with Crippen molar-refractivity contribution in [3.05, 3.63) is 5.89 Å². The second-order valence-electron chi connectivity index (χ2n) is 5.25. The predicted molar refractivity (Wildman–Crippen MR) is 71.4 cm³/mol. The van der Waals surface area contributed by atoms with Gasteiger partial charge in [0.2, 0.25) is 5.89 Å². The van der Waals surface area contributed by atoms with Crippen LogP contribution in [-0.4, -0.2) is 23.2 Å². The van der Waals surface area contributed by atoms with Crippen LogP contribution in [0.1, 0.15) is 57.9 Å². The van der Waals surface area contributed by atoms with Crippen LogP contribution in [0.2, 0.25) is 0 Å². The Kier molecular flexibility index (Phi) is 4.58. The minimum absolute atomic E-state index is 0.150. The Bertz CT molecular complexity index is 358. The van der Waals surface area contributed by atoms with Gasteiger partial charge in [0.15, 0.2) is 0 Å². The minimum atomic E-state index is -0.150. The van der Waals surface area contributed by atoms with E-state index in [1.54, 1.807) is 0 Å². The quantitative estimate of drug-likeness (QED) is 0.891. The van der Waals surface area contributed by atoms with Gasteiger partial charge in [-0.15, -0.1) is 0 Å². The zero-order valence-electron chi connectivity index (χ0n) is 11.4. The molecule has 0 spiro atoms. The Balaban J connectivity index is 2.04. The molecule has 0 aliphatic carbocycles. The maximum atomic E-state index is 6.11. The van der Waals surface area contributed by atoms with Crippen molar-refractivity contribution in [2.75, 3.05) is 18.0 Å². The fraction of sp³-hybridized carbons (Fsp3) is 0.846. The Hall–Kier alpha value is -1.10. The van der Waals surface area contributed by atoms with Crippen LogP contribution in [0.25, 0.3) is 0 Å². The standard InChI is InChI=1S/C13H24N4O/c1-3-10(2)11(14)12-15-13(16-18-12)17-8-6-4-5-7-9-17/h10-11H,3-9,14H2,1-2H3/t10-,11-/m0/s1. The van der Waals surface area contributed by atoms with Crippen LogP contribution < -0.4 is 10.6 Å². The number of hydrogen-bond donors (Lipinski definition) is 1. The molecule has 0 amide bonds. The van der Waals surface area contributed by atoms with Gasteiger partial charge in [0.1, 0.15) is 0 Å². The van der Waals surface area contributed by atoms with E-state index in [1.807, 2.05) is 0 Å². The smallest absolute Gasteiger partial charge is 0.266 e. The molecule has 2 heterocycles. The van der Waals surface area contributed by atoms with E-state index in [9.17, 15) is 0 Å². The first-order valence-electron chi connectivity index (χ1n) is 7.06. The van der Waals surface area contributed by atoms with Gasteiger partial charge in [-0.25, -0.2) is 0 Å². The maximum Gasteiger partial charge on any atom is 0.266 e. The van der Waals surface area contributed by atoms with Crippen LogP contribution in [0.15, 0.2) is 4.52 Å². The Labute approximate surface area is 109 Å². The number of hydrogen-bond acceptors (Lipinski definition) is 5. The number of anilines is 1. The molecule has 2 N–H and O–H groups in total. The van der Waals surface area contributed by atoms with E-state index in [0.29, 0.717) is 17.8 Å². The third-order valence-electron chi connectivity index (χ3n) is 3.86. The fourth-order valence-electron chi connectivity index (χ4n) is 2.26. The van der Waals surface area contributed by atoms with Crippen molar-refractivity contribution >= 4 is 5.95 Å². The van der Waals surface area contributed by atoms with Crippen molar-refractivity contribution in [1.29, 1.82) is 0 Å². The molecular weight excluding hydrogens is 228 g/mol. The number of rotatable bonds is 4. The topological polar surface area (TPSA) is 68.2 Å². The van der Waals surface area contributed by atoms with Gasteiger partial charge in [-0.3, -0.25) is 0 Å². The van der Waals surface area contributed by atoms with Gasteiger partial charge >= 0.3 is 0 Å². The lowest BCUT2D eigenvalue weighted by Gasteiger charge is -2.17. The van der Waals surface area contributed by atoms with E-state index < -0.39 is 0 Å². The third kappa shape index (κ3) is 3.02. The summed E-state index contributed by atoms with van der Waals surface area (Å²) in [6.07, 6.45) is 6.03. The van der Waals surface area contributed by atoms with Crippen LogP contribution in [0.4, 0.5) is 5.95 Å². The van der Waals surface area contributed by atoms with E-state index >= 15 is 0 Å². The number of aromatic nitrogens is 2. The van der Waals surface area contributed by atoms with E-state index in [1.165, 1.54) is 25.7 Å². The molecule has 5 heteroatoms. The van der Waals surface area contributed by atoms with E-state index in [4.69, 9.17) is 10.3 Å². The molecule has 1 aliphatic rings. The molecule has 1 saturated heterocycles. The number of nitrogens with zero attached hydrogens (tertiary/aromatic N) is 3. The van der Waals surface area contributed by atoms with Crippen molar-refractivity contribution in [2.24, 2.45) is 11.7 Å². The average Bonchev–Trinajstić information content (AvgIpc) is 2.72. The highest BCUT2D eigenvalue weighted by molar-refractivity contribution is 5.28. The summed E-state index contributed by atoms with van der Waals surface area (Å²) in [6.45, 7) is 6.28. The third-order valence-corrected chi connectivity index (χ3v) is 3.86. The monoisotopic (exact) mass is 252 g/mol. The molecule has 0 bridgehead atoms. The first-order valence-corrected chi connectivity index (χ1v) is 7.06. The number of nitrogens with two attached hydrogens (primary N) is 1. The highest BCUT2D eigenvalue weighted by Gasteiger charge is 2.22. The zero-order chi connectivity index (χ0) is 13.0. The maximum absolute atomic E-state index is 6.11. The molecule has 2 atom stereocenters. The van der Waals surface area contributed by atoms with E-state index in [2.05, 4.69) is 28.9 Å². The molecule has 1 fully saturated rings. The minimum Gasteiger partial charge on any atom is -0.338 e. The molecule has 1 aromatic rings. The molecule has 0 aromatic carbocycles. The summed E-state index contributed by atoms with van der Waals surface area (Å²) in [5, 5.41) is 4.08. The summed E-state index contributed by atoms with van der Waals surface area (Å²) in [6, 6.07) is -0.150. The Morgan fingerprint density at radius 2 is 1.94 bits per heavy atom. The zero-order valence-corrected chi connectivity index (χ0v) is 11.4. The molecule has 5 nitrogen and oxygen atoms in total. The highest BCUT2D eigenvalue weighted by atomic mass is 16.5. The van der Waals surface area contributed by atoms with Gasteiger partial charge < -0.3 is 15.2 Å². The van der Waals surface area contributed by atoms with Crippen LogP contribution in [0.5, 0.6) is 0 Å². The summed E-state index contributed by atoms with van der Waals surface area (Å²) in [4.78, 5) is 6.68. The molecular formula is C13H24N4O. The average molecular weight is 252 g/mol. The second kappa shape index (κ2) is 6.18. The fourth-order valence-corrected chi connectivity index (χ4v) is 2.26. The van der Waals surface area contributed by atoms with Crippen LogP contribution in [0.3, 0.4) is 0 Å². The molecule has 1 aliphatic heterocycles. The molecule has 0 saturated carbocycles. The van der Waals surface area contributed by atoms with Gasteiger partial charge in [0, 0.05) is 13.1 Å². The van der Waals surface area contributed by atoms with Gasteiger partial charge in [0.05, 0.1) is 6.04 Å². The SMILES string of the molecule is CC[C@H](C)[C@H](N)c1nc(N2CCCCCC2)no1. The van der Waals surface area contributed by atoms with E-state index in [0.717, 1.165) is 19.5 Å². The summed E-state index contributed by atoms with van der Waals surface area (Å²) in [5.41, 5.74) is 6.11. The van der Waals surface area contributed by atoms with Crippen molar-refractivity contribution in [3.63, 3.8) is 0 Å². The van der Waals surface area contributed by atoms with E-state index in [-0.39, 0.29) is 6.04 Å². The molecule has 2 rings (SSSR count). The van der Waals surface area contributed by atoms with Crippen LogP contribution in [-0.2, 0) is 0 Å². The first-order chi connectivity index (χ1) is 8.72. The van der Waals surface area contributed by atoms with Crippen molar-refractivity contribution in [3.8, 4) is 0 Å². The van der Waals surface area contributed by atoms with Crippen LogP contribution >= 0.6 is 0 Å². The molecule has 0 radical (unpaired) electrons. The summed E-state index contributed by atoms with van der Waals surface area (Å²) in [7, 11) is 0. The summed E-state index contributed by atoms with van der Waals surface area (Å²) in [5.74, 6) is 1.65. The highest BCUT2D eigenvalue weighted by Crippen LogP contribution is 2.23. The molecule has 0 unspecified atom stereocenters. The largest absolute Gasteiger partial charge is 0.338 e.